The molecule has 2 nitrogen and oxygen atoms in total. The van der Waals surface area contributed by atoms with E-state index in [0.717, 1.165) is 55.0 Å². The van der Waals surface area contributed by atoms with E-state index in [9.17, 15) is 0 Å². The van der Waals surface area contributed by atoms with Crippen LogP contribution in [0.25, 0.3) is 120 Å². The molecule has 12 rings (SSSR count). The third-order valence-electron chi connectivity index (χ3n) is 11.4. The van der Waals surface area contributed by atoms with Crippen molar-refractivity contribution in [3.05, 3.63) is 182 Å². The van der Waals surface area contributed by atoms with E-state index in [1.165, 1.54) is 65.3 Å². The number of rotatable bonds is 3. The van der Waals surface area contributed by atoms with E-state index in [1.54, 1.807) is 0 Å². The standard InChI is InChI=1S/C52H30O2/c1-2-13-37-31(9-1)10-8-17-38(37)36-20-23-42-41-22-19-34(28-46(41)39-14-3-4-15-40(39)47(42)30-36)32-11-7-12-33(27-32)35-21-26-50-48(29-35)45-25-24-44-43-16-5-6-18-49(43)53-51(44)52(45)54-50/h1-30H. The van der Waals surface area contributed by atoms with Crippen LogP contribution in [0, 0.1) is 0 Å². The van der Waals surface area contributed by atoms with Gasteiger partial charge in [-0.25, -0.2) is 0 Å². The van der Waals surface area contributed by atoms with Crippen molar-refractivity contribution >= 4 is 87.0 Å². The first-order valence-electron chi connectivity index (χ1n) is 18.5. The Kier molecular flexibility index (Phi) is 6.09. The van der Waals surface area contributed by atoms with E-state index < -0.39 is 0 Å². The molecule has 54 heavy (non-hydrogen) atoms. The molecule has 0 N–H and O–H groups in total. The van der Waals surface area contributed by atoms with Gasteiger partial charge >= 0.3 is 0 Å². The molecule has 12 aromatic rings. The van der Waals surface area contributed by atoms with Crippen molar-refractivity contribution in [3.63, 3.8) is 0 Å². The second kappa shape index (κ2) is 11.2. The van der Waals surface area contributed by atoms with Gasteiger partial charge in [0.15, 0.2) is 11.2 Å². The van der Waals surface area contributed by atoms with Gasteiger partial charge in [-0.15, -0.1) is 0 Å². The molecule has 0 aliphatic heterocycles. The zero-order valence-corrected chi connectivity index (χ0v) is 29.1. The smallest absolute Gasteiger partial charge is 0.178 e. The fraction of sp³-hybridized carbons (Fsp3) is 0. The van der Waals surface area contributed by atoms with E-state index in [1.807, 2.05) is 18.2 Å². The average Bonchev–Trinajstić information content (AvgIpc) is 3.82. The summed E-state index contributed by atoms with van der Waals surface area (Å²) in [5, 5.41) is 14.5. The maximum Gasteiger partial charge on any atom is 0.178 e. The van der Waals surface area contributed by atoms with Crippen LogP contribution in [0.3, 0.4) is 0 Å². The van der Waals surface area contributed by atoms with Gasteiger partial charge in [-0.05, 0) is 125 Å². The highest BCUT2D eigenvalue weighted by molar-refractivity contribution is 6.26. The predicted molar refractivity (Wildman–Crippen MR) is 227 cm³/mol. The molecule has 2 aromatic heterocycles. The van der Waals surface area contributed by atoms with E-state index >= 15 is 0 Å². The Balaban J connectivity index is 0.976. The summed E-state index contributed by atoms with van der Waals surface area (Å²) in [6.45, 7) is 0. The molecular formula is C52H30O2. The number of para-hydroxylation sites is 1. The van der Waals surface area contributed by atoms with Crippen molar-refractivity contribution in [3.8, 4) is 33.4 Å². The summed E-state index contributed by atoms with van der Waals surface area (Å²) in [6, 6.07) is 65.9. The third kappa shape index (κ3) is 4.28. The van der Waals surface area contributed by atoms with Crippen molar-refractivity contribution < 1.29 is 8.83 Å². The Hall–Kier alpha value is -7.16. The second-order valence-corrected chi connectivity index (χ2v) is 14.4. The van der Waals surface area contributed by atoms with Gasteiger partial charge in [-0.2, -0.15) is 0 Å². The SMILES string of the molecule is c1cc(-c2ccc3oc4c(ccc5c6ccccc6oc54)c3c2)cc(-c2ccc3c4ccc(-c5cccc6ccccc56)cc4c4ccccc4c3c2)c1. The van der Waals surface area contributed by atoms with Crippen molar-refractivity contribution in [2.24, 2.45) is 0 Å². The molecule has 0 aliphatic carbocycles. The van der Waals surface area contributed by atoms with E-state index in [0.29, 0.717) is 0 Å². The van der Waals surface area contributed by atoms with Crippen LogP contribution in [-0.2, 0) is 0 Å². The number of hydrogen-bond donors (Lipinski definition) is 0. The lowest BCUT2D eigenvalue weighted by molar-refractivity contribution is 0.633. The Morgan fingerprint density at radius 1 is 0.241 bits per heavy atom. The highest BCUT2D eigenvalue weighted by Gasteiger charge is 2.17. The molecule has 0 saturated heterocycles. The Morgan fingerprint density at radius 2 is 0.704 bits per heavy atom. The van der Waals surface area contributed by atoms with Gasteiger partial charge in [0.25, 0.3) is 0 Å². The summed E-state index contributed by atoms with van der Waals surface area (Å²) in [7, 11) is 0. The van der Waals surface area contributed by atoms with Crippen molar-refractivity contribution in [1.82, 2.24) is 0 Å². The molecule has 0 aliphatic rings. The highest BCUT2D eigenvalue weighted by atomic mass is 16.4. The molecule has 0 saturated carbocycles. The van der Waals surface area contributed by atoms with Crippen molar-refractivity contribution in [2.45, 2.75) is 0 Å². The van der Waals surface area contributed by atoms with Crippen LogP contribution in [0.15, 0.2) is 191 Å². The maximum atomic E-state index is 6.44. The van der Waals surface area contributed by atoms with Crippen LogP contribution < -0.4 is 0 Å². The van der Waals surface area contributed by atoms with Crippen LogP contribution in [0.2, 0.25) is 0 Å². The first kappa shape index (κ1) is 29.4. The largest absolute Gasteiger partial charge is 0.452 e. The molecule has 0 atom stereocenters. The zero-order valence-electron chi connectivity index (χ0n) is 29.1. The summed E-state index contributed by atoms with van der Waals surface area (Å²) < 4.78 is 12.7. The van der Waals surface area contributed by atoms with Gasteiger partial charge in [-0.3, -0.25) is 0 Å². The van der Waals surface area contributed by atoms with Crippen LogP contribution in [0.1, 0.15) is 0 Å². The van der Waals surface area contributed by atoms with Gasteiger partial charge in [0.1, 0.15) is 11.2 Å². The number of furan rings is 2. The predicted octanol–water partition coefficient (Wildman–Crippen LogP) is 15.1. The van der Waals surface area contributed by atoms with E-state index in [2.05, 4.69) is 164 Å². The quantitative estimate of drug-likeness (QED) is 0.173. The summed E-state index contributed by atoms with van der Waals surface area (Å²) in [6.07, 6.45) is 0. The highest BCUT2D eigenvalue weighted by Crippen LogP contribution is 2.42. The number of fused-ring (bicyclic) bond motifs is 14. The maximum absolute atomic E-state index is 6.44. The molecule has 0 fully saturated rings. The van der Waals surface area contributed by atoms with Gasteiger partial charge < -0.3 is 8.83 Å². The molecule has 2 heteroatoms. The fourth-order valence-electron chi connectivity index (χ4n) is 8.86. The minimum absolute atomic E-state index is 0.797. The van der Waals surface area contributed by atoms with Gasteiger partial charge in [0.05, 0.1) is 0 Å². The normalized spacial score (nSPS) is 12.1. The lowest BCUT2D eigenvalue weighted by Crippen LogP contribution is -1.87. The monoisotopic (exact) mass is 686 g/mol. The minimum atomic E-state index is 0.797. The number of hydrogen-bond acceptors (Lipinski definition) is 2. The molecule has 0 unspecified atom stereocenters. The summed E-state index contributed by atoms with van der Waals surface area (Å²) >= 11 is 0. The molecule has 0 spiro atoms. The van der Waals surface area contributed by atoms with E-state index in [4.69, 9.17) is 8.83 Å². The molecule has 0 radical (unpaired) electrons. The Bertz CT molecular complexity index is 3480. The summed E-state index contributed by atoms with van der Waals surface area (Å²) in [4.78, 5) is 0. The summed E-state index contributed by atoms with van der Waals surface area (Å²) in [5.41, 5.74) is 10.5. The summed E-state index contributed by atoms with van der Waals surface area (Å²) in [5.74, 6) is 0. The van der Waals surface area contributed by atoms with Crippen LogP contribution in [-0.4, -0.2) is 0 Å². The van der Waals surface area contributed by atoms with Gasteiger partial charge in [-0.1, -0.05) is 133 Å². The fourth-order valence-corrected chi connectivity index (χ4v) is 8.86. The molecule has 0 bridgehead atoms. The minimum Gasteiger partial charge on any atom is -0.452 e. The first-order chi connectivity index (χ1) is 26.7. The van der Waals surface area contributed by atoms with Gasteiger partial charge in [0.2, 0.25) is 0 Å². The topological polar surface area (TPSA) is 26.3 Å². The lowest BCUT2D eigenvalue weighted by atomic mass is 9.89. The number of benzene rings is 10. The van der Waals surface area contributed by atoms with Crippen LogP contribution in [0.4, 0.5) is 0 Å². The van der Waals surface area contributed by atoms with Crippen molar-refractivity contribution in [2.75, 3.05) is 0 Å². The second-order valence-electron chi connectivity index (χ2n) is 14.4. The molecular weight excluding hydrogens is 657 g/mol. The van der Waals surface area contributed by atoms with E-state index in [-0.39, 0.29) is 0 Å². The molecule has 0 amide bonds. The zero-order chi connectivity index (χ0) is 35.3. The third-order valence-corrected chi connectivity index (χ3v) is 11.4. The van der Waals surface area contributed by atoms with Crippen molar-refractivity contribution in [1.29, 1.82) is 0 Å². The van der Waals surface area contributed by atoms with Crippen LogP contribution in [0.5, 0.6) is 0 Å². The Morgan fingerprint density at radius 3 is 1.44 bits per heavy atom. The average molecular weight is 687 g/mol. The Labute approximate surface area is 310 Å². The first-order valence-corrected chi connectivity index (χ1v) is 18.5. The lowest BCUT2D eigenvalue weighted by Gasteiger charge is -2.14. The molecule has 250 valence electrons. The van der Waals surface area contributed by atoms with Crippen LogP contribution >= 0.6 is 0 Å². The van der Waals surface area contributed by atoms with Gasteiger partial charge in [0, 0.05) is 21.5 Å². The molecule has 2 heterocycles. The molecule has 10 aromatic carbocycles.